The van der Waals surface area contributed by atoms with Crippen LogP contribution in [0.25, 0.3) is 0 Å². The Morgan fingerprint density at radius 3 is 2.85 bits per heavy atom. The van der Waals surface area contributed by atoms with Crippen LogP contribution in [-0.4, -0.2) is 23.0 Å². The van der Waals surface area contributed by atoms with Crippen molar-refractivity contribution in [1.82, 2.24) is 9.88 Å². The molecule has 1 aliphatic heterocycles. The fraction of sp³-hybridized carbons (Fsp3) is 0.444. The predicted molar refractivity (Wildman–Crippen MR) is 48.8 cm³/mol. The Morgan fingerprint density at radius 2 is 2.23 bits per heavy atom. The van der Waals surface area contributed by atoms with Gasteiger partial charge in [-0.2, -0.15) is 0 Å². The largest absolute Gasteiger partial charge is 0.447 e. The molecule has 1 aromatic heterocycles. The van der Waals surface area contributed by atoms with Crippen molar-refractivity contribution in [3.63, 3.8) is 0 Å². The molecule has 0 saturated heterocycles. The highest BCUT2D eigenvalue weighted by Gasteiger charge is 2.10. The van der Waals surface area contributed by atoms with E-state index in [0.29, 0.717) is 6.54 Å². The van der Waals surface area contributed by atoms with Gasteiger partial charge in [0.2, 0.25) is 5.89 Å². The fourth-order valence-corrected chi connectivity index (χ4v) is 1.36. The van der Waals surface area contributed by atoms with Crippen LogP contribution in [-0.2, 0) is 13.1 Å². The standard InChI is InChI=1S/C9H13N3O/c10-5-8-7-13-9(11-8)6-12-3-1-2-4-12/h1-2,7H,3-6,10H2. The van der Waals surface area contributed by atoms with Gasteiger partial charge in [-0.15, -0.1) is 0 Å². The molecule has 0 aromatic carbocycles. The number of aromatic nitrogens is 1. The monoisotopic (exact) mass is 179 g/mol. The van der Waals surface area contributed by atoms with Gasteiger partial charge in [-0.25, -0.2) is 4.98 Å². The summed E-state index contributed by atoms with van der Waals surface area (Å²) in [6, 6.07) is 0. The van der Waals surface area contributed by atoms with Gasteiger partial charge in [0.1, 0.15) is 6.26 Å². The van der Waals surface area contributed by atoms with Crippen molar-refractivity contribution in [3.05, 3.63) is 30.0 Å². The van der Waals surface area contributed by atoms with Crippen LogP contribution in [0.2, 0.25) is 0 Å². The average Bonchev–Trinajstić information content (AvgIpc) is 2.76. The summed E-state index contributed by atoms with van der Waals surface area (Å²) < 4.78 is 5.26. The van der Waals surface area contributed by atoms with Crippen molar-refractivity contribution in [2.24, 2.45) is 5.73 Å². The molecule has 4 nitrogen and oxygen atoms in total. The lowest BCUT2D eigenvalue weighted by atomic mass is 10.5. The first-order valence-corrected chi connectivity index (χ1v) is 4.39. The van der Waals surface area contributed by atoms with E-state index in [9.17, 15) is 0 Å². The summed E-state index contributed by atoms with van der Waals surface area (Å²) in [5, 5.41) is 0. The number of nitrogens with two attached hydrogens (primary N) is 1. The summed E-state index contributed by atoms with van der Waals surface area (Å²) in [6.45, 7) is 3.19. The lowest BCUT2D eigenvalue weighted by molar-refractivity contribution is 0.301. The maximum Gasteiger partial charge on any atom is 0.208 e. The molecule has 70 valence electrons. The third-order valence-electron chi connectivity index (χ3n) is 2.06. The smallest absolute Gasteiger partial charge is 0.208 e. The third-order valence-corrected chi connectivity index (χ3v) is 2.06. The molecule has 0 unspecified atom stereocenters. The zero-order valence-corrected chi connectivity index (χ0v) is 7.44. The van der Waals surface area contributed by atoms with Crippen LogP contribution in [0, 0.1) is 0 Å². The van der Waals surface area contributed by atoms with Crippen molar-refractivity contribution >= 4 is 0 Å². The van der Waals surface area contributed by atoms with Gasteiger partial charge in [-0.3, -0.25) is 4.90 Å². The van der Waals surface area contributed by atoms with E-state index in [0.717, 1.165) is 31.2 Å². The molecule has 1 aromatic rings. The highest BCUT2D eigenvalue weighted by atomic mass is 16.3. The summed E-state index contributed by atoms with van der Waals surface area (Å²) in [5.41, 5.74) is 6.24. The topological polar surface area (TPSA) is 55.3 Å². The van der Waals surface area contributed by atoms with Gasteiger partial charge in [0.05, 0.1) is 12.2 Å². The molecule has 2 heterocycles. The molecular weight excluding hydrogens is 166 g/mol. The van der Waals surface area contributed by atoms with Crippen molar-refractivity contribution in [1.29, 1.82) is 0 Å². The molecule has 4 heteroatoms. The van der Waals surface area contributed by atoms with Crippen molar-refractivity contribution in [3.8, 4) is 0 Å². The molecule has 2 N–H and O–H groups in total. The molecule has 0 amide bonds. The minimum Gasteiger partial charge on any atom is -0.447 e. The molecule has 1 aliphatic rings. The lowest BCUT2D eigenvalue weighted by Gasteiger charge is -2.10. The molecule has 0 atom stereocenters. The molecule has 2 rings (SSSR count). The number of hydrogen-bond donors (Lipinski definition) is 1. The lowest BCUT2D eigenvalue weighted by Crippen LogP contribution is -2.19. The van der Waals surface area contributed by atoms with Gasteiger partial charge >= 0.3 is 0 Å². The average molecular weight is 179 g/mol. The molecular formula is C9H13N3O. The fourth-order valence-electron chi connectivity index (χ4n) is 1.36. The maximum atomic E-state index is 5.42. The normalized spacial score (nSPS) is 17.0. The summed E-state index contributed by atoms with van der Waals surface area (Å²) in [4.78, 5) is 6.47. The van der Waals surface area contributed by atoms with E-state index < -0.39 is 0 Å². The van der Waals surface area contributed by atoms with Crippen LogP contribution in [0.1, 0.15) is 11.6 Å². The first-order chi connectivity index (χ1) is 6.38. The SMILES string of the molecule is NCc1coc(CN2CC=CC2)n1. The third kappa shape index (κ3) is 1.96. The van der Waals surface area contributed by atoms with Gasteiger partial charge in [0, 0.05) is 19.6 Å². The molecule has 0 fully saturated rings. The van der Waals surface area contributed by atoms with Gasteiger partial charge in [-0.05, 0) is 0 Å². The Morgan fingerprint density at radius 1 is 1.46 bits per heavy atom. The Labute approximate surface area is 77.0 Å². The van der Waals surface area contributed by atoms with E-state index in [-0.39, 0.29) is 0 Å². The number of rotatable bonds is 3. The molecule has 13 heavy (non-hydrogen) atoms. The van der Waals surface area contributed by atoms with Gasteiger partial charge in [-0.1, -0.05) is 12.2 Å². The number of nitrogens with zero attached hydrogens (tertiary/aromatic N) is 2. The predicted octanol–water partition coefficient (Wildman–Crippen LogP) is 0.505. The molecule has 0 aliphatic carbocycles. The van der Waals surface area contributed by atoms with Gasteiger partial charge in [0.25, 0.3) is 0 Å². The summed E-state index contributed by atoms with van der Waals surface area (Å²) >= 11 is 0. The first kappa shape index (κ1) is 8.47. The van der Waals surface area contributed by atoms with E-state index in [1.54, 1.807) is 6.26 Å². The number of hydrogen-bond acceptors (Lipinski definition) is 4. The quantitative estimate of drug-likeness (QED) is 0.687. The second-order valence-corrected chi connectivity index (χ2v) is 3.10. The second-order valence-electron chi connectivity index (χ2n) is 3.10. The van der Waals surface area contributed by atoms with Crippen LogP contribution in [0.4, 0.5) is 0 Å². The minimum absolute atomic E-state index is 0.446. The van der Waals surface area contributed by atoms with E-state index in [4.69, 9.17) is 10.2 Å². The summed E-state index contributed by atoms with van der Waals surface area (Å²) in [7, 11) is 0. The Bertz CT molecular complexity index is 298. The first-order valence-electron chi connectivity index (χ1n) is 4.39. The van der Waals surface area contributed by atoms with Crippen LogP contribution >= 0.6 is 0 Å². The Kier molecular flexibility index (Phi) is 2.42. The maximum absolute atomic E-state index is 5.42. The van der Waals surface area contributed by atoms with Crippen LogP contribution in [0.3, 0.4) is 0 Å². The molecule has 0 radical (unpaired) electrons. The summed E-state index contributed by atoms with van der Waals surface area (Å²) in [6.07, 6.45) is 5.92. The molecule has 0 spiro atoms. The highest BCUT2D eigenvalue weighted by molar-refractivity contribution is 4.99. The molecule has 0 saturated carbocycles. The Balaban J connectivity index is 1.93. The van der Waals surface area contributed by atoms with E-state index >= 15 is 0 Å². The zero-order valence-electron chi connectivity index (χ0n) is 7.44. The van der Waals surface area contributed by atoms with Crippen LogP contribution in [0.5, 0.6) is 0 Å². The molecule has 0 bridgehead atoms. The van der Waals surface area contributed by atoms with Crippen LogP contribution in [0.15, 0.2) is 22.8 Å². The van der Waals surface area contributed by atoms with Crippen molar-refractivity contribution in [2.75, 3.05) is 13.1 Å². The van der Waals surface area contributed by atoms with E-state index in [1.165, 1.54) is 0 Å². The van der Waals surface area contributed by atoms with Crippen molar-refractivity contribution < 1.29 is 4.42 Å². The zero-order chi connectivity index (χ0) is 9.10. The number of oxazole rings is 1. The van der Waals surface area contributed by atoms with Crippen LogP contribution < -0.4 is 5.73 Å². The Hall–Kier alpha value is -1.13. The highest BCUT2D eigenvalue weighted by Crippen LogP contribution is 2.07. The van der Waals surface area contributed by atoms with E-state index in [1.807, 2.05) is 0 Å². The van der Waals surface area contributed by atoms with Gasteiger partial charge in [0.15, 0.2) is 0 Å². The van der Waals surface area contributed by atoms with Gasteiger partial charge < -0.3 is 10.2 Å². The minimum atomic E-state index is 0.446. The summed E-state index contributed by atoms with van der Waals surface area (Å²) in [5.74, 6) is 0.754. The second kappa shape index (κ2) is 3.72. The van der Waals surface area contributed by atoms with Crippen molar-refractivity contribution in [2.45, 2.75) is 13.1 Å². The van der Waals surface area contributed by atoms with E-state index in [2.05, 4.69) is 22.0 Å².